The Balaban J connectivity index is 1.66. The molecule has 0 bridgehead atoms. The van der Waals surface area contributed by atoms with E-state index in [0.29, 0.717) is 12.4 Å². The molecule has 31 heavy (non-hydrogen) atoms. The van der Waals surface area contributed by atoms with E-state index in [1.165, 1.54) is 12.3 Å². The van der Waals surface area contributed by atoms with E-state index >= 15 is 0 Å². The van der Waals surface area contributed by atoms with Crippen LogP contribution in [0.15, 0.2) is 59.1 Å². The Kier molecular flexibility index (Phi) is 11.8. The van der Waals surface area contributed by atoms with Crippen LogP contribution in [0.3, 0.4) is 0 Å². The molecule has 0 spiro atoms. The summed E-state index contributed by atoms with van der Waals surface area (Å²) >= 11 is 0. The van der Waals surface area contributed by atoms with Gasteiger partial charge in [0, 0.05) is 25.3 Å². The predicted octanol–water partition coefficient (Wildman–Crippen LogP) is 5.20. The molecule has 1 aromatic rings. The average Bonchev–Trinajstić information content (AvgIpc) is 2.80. The molecule has 2 atom stereocenters. The Morgan fingerprint density at radius 3 is 2.87 bits per heavy atom. The van der Waals surface area contributed by atoms with E-state index in [1.807, 2.05) is 12.2 Å². The summed E-state index contributed by atoms with van der Waals surface area (Å²) in [6.45, 7) is 12.1. The van der Waals surface area contributed by atoms with Gasteiger partial charge < -0.3 is 23.5 Å². The van der Waals surface area contributed by atoms with Gasteiger partial charge in [-0.3, -0.25) is 4.79 Å². The van der Waals surface area contributed by atoms with Crippen molar-refractivity contribution in [1.29, 1.82) is 0 Å². The van der Waals surface area contributed by atoms with Crippen molar-refractivity contribution in [3.05, 3.63) is 65.9 Å². The van der Waals surface area contributed by atoms with E-state index in [4.69, 9.17) is 18.6 Å². The third kappa shape index (κ3) is 9.57. The largest absolute Gasteiger partial charge is 0.487 e. The third-order valence-corrected chi connectivity index (χ3v) is 5.18. The van der Waals surface area contributed by atoms with Crippen LogP contribution in [-0.2, 0) is 16.1 Å². The van der Waals surface area contributed by atoms with Crippen molar-refractivity contribution in [3.63, 3.8) is 0 Å². The molecule has 0 aromatic carbocycles. The first-order valence-corrected chi connectivity index (χ1v) is 11.3. The second-order valence-electron chi connectivity index (χ2n) is 7.71. The molecular formula is C25H37NO5. The van der Waals surface area contributed by atoms with Gasteiger partial charge >= 0.3 is 0 Å². The molecule has 1 aliphatic rings. The van der Waals surface area contributed by atoms with Crippen molar-refractivity contribution in [3.8, 4) is 5.75 Å². The number of unbranched alkanes of at least 4 members (excludes halogenated alkanes) is 2. The number of rotatable bonds is 15. The van der Waals surface area contributed by atoms with Gasteiger partial charge in [-0.25, -0.2) is 0 Å². The van der Waals surface area contributed by atoms with E-state index in [2.05, 4.69) is 37.3 Å². The van der Waals surface area contributed by atoms with Crippen LogP contribution in [0, 0.1) is 0 Å². The van der Waals surface area contributed by atoms with Crippen LogP contribution in [0.4, 0.5) is 0 Å². The number of ether oxygens (including phenoxy) is 3. The van der Waals surface area contributed by atoms with Gasteiger partial charge in [-0.15, -0.1) is 13.2 Å². The molecule has 1 saturated heterocycles. The van der Waals surface area contributed by atoms with Crippen molar-refractivity contribution in [2.24, 2.45) is 0 Å². The maximum atomic E-state index is 12.2. The number of allylic oxidation sites excluding steroid dienone is 2. The normalized spacial score (nSPS) is 17.4. The molecule has 172 valence electrons. The van der Waals surface area contributed by atoms with Crippen LogP contribution < -0.4 is 10.2 Å². The summed E-state index contributed by atoms with van der Waals surface area (Å²) in [5.74, 6) is 0.722. The van der Waals surface area contributed by atoms with Crippen LogP contribution in [-0.4, -0.2) is 37.0 Å². The Morgan fingerprint density at radius 1 is 1.29 bits per heavy atom. The Bertz CT molecular complexity index is 736. The molecule has 2 rings (SSSR count). The van der Waals surface area contributed by atoms with E-state index in [-0.39, 0.29) is 30.1 Å². The minimum absolute atomic E-state index is 0.187. The fourth-order valence-corrected chi connectivity index (χ4v) is 3.23. The fraction of sp³-hybridized carbons (Fsp3) is 0.560. The second-order valence-corrected chi connectivity index (χ2v) is 7.71. The molecule has 6 nitrogen and oxygen atoms in total. The van der Waals surface area contributed by atoms with Gasteiger partial charge in [-0.05, 0) is 58.1 Å². The third-order valence-electron chi connectivity index (χ3n) is 5.18. The van der Waals surface area contributed by atoms with Gasteiger partial charge in [0.1, 0.15) is 18.6 Å². The first-order valence-electron chi connectivity index (χ1n) is 11.3. The minimum Gasteiger partial charge on any atom is -0.487 e. The van der Waals surface area contributed by atoms with Crippen molar-refractivity contribution in [1.82, 2.24) is 4.90 Å². The van der Waals surface area contributed by atoms with Gasteiger partial charge in [0.25, 0.3) is 0 Å². The van der Waals surface area contributed by atoms with Gasteiger partial charge in [0.2, 0.25) is 11.2 Å². The first kappa shape index (κ1) is 25.0. The SMILES string of the molecule is C=CC/C=C\N(CCCCCOc1coc(COC2CCCCO2)cc1=O)C(C)C=C. The topological polar surface area (TPSA) is 61.1 Å². The number of hydrogen-bond acceptors (Lipinski definition) is 6. The molecule has 2 heterocycles. The molecule has 1 aliphatic heterocycles. The highest BCUT2D eigenvalue weighted by Gasteiger charge is 2.15. The van der Waals surface area contributed by atoms with Crippen LogP contribution in [0.1, 0.15) is 57.6 Å². The molecule has 1 fully saturated rings. The summed E-state index contributed by atoms with van der Waals surface area (Å²) < 4.78 is 22.3. The smallest absolute Gasteiger partial charge is 0.227 e. The molecule has 0 aliphatic carbocycles. The van der Waals surface area contributed by atoms with Crippen LogP contribution in [0.5, 0.6) is 5.75 Å². The van der Waals surface area contributed by atoms with Crippen molar-refractivity contribution >= 4 is 0 Å². The second kappa shape index (κ2) is 14.7. The molecule has 2 unspecified atom stereocenters. The lowest BCUT2D eigenvalue weighted by Crippen LogP contribution is -2.27. The first-order chi connectivity index (χ1) is 15.1. The molecule has 0 radical (unpaired) electrons. The lowest BCUT2D eigenvalue weighted by atomic mass is 10.2. The van der Waals surface area contributed by atoms with Crippen LogP contribution >= 0.6 is 0 Å². The number of hydrogen-bond donors (Lipinski definition) is 0. The van der Waals surface area contributed by atoms with Gasteiger partial charge in [0.15, 0.2) is 6.29 Å². The summed E-state index contributed by atoms with van der Waals surface area (Å²) in [6, 6.07) is 1.72. The zero-order valence-electron chi connectivity index (χ0n) is 18.8. The summed E-state index contributed by atoms with van der Waals surface area (Å²) in [6.07, 6.45) is 16.0. The molecule has 1 aromatic heterocycles. The quantitative estimate of drug-likeness (QED) is 0.281. The summed E-state index contributed by atoms with van der Waals surface area (Å²) in [5.41, 5.74) is -0.187. The van der Waals surface area contributed by atoms with Gasteiger partial charge in [-0.2, -0.15) is 0 Å². The maximum absolute atomic E-state index is 12.2. The molecule has 6 heteroatoms. The molecule has 0 amide bonds. The minimum atomic E-state index is -0.210. The number of nitrogens with zero attached hydrogens (tertiary/aromatic N) is 1. The lowest BCUT2D eigenvalue weighted by Gasteiger charge is -2.25. The predicted molar refractivity (Wildman–Crippen MR) is 123 cm³/mol. The standard InChI is InChI=1S/C25H37NO5/c1-4-6-9-14-26(21(3)5-2)15-10-7-11-16-28-24-20-30-22(18-23(24)27)19-31-25-13-8-12-17-29-25/h4-5,9,14,18,20-21,25H,1-2,6-8,10-13,15-17,19H2,3H3/b14-9-. The van der Waals surface area contributed by atoms with E-state index < -0.39 is 0 Å². The highest BCUT2D eigenvalue weighted by Crippen LogP contribution is 2.16. The highest BCUT2D eigenvalue weighted by molar-refractivity contribution is 5.17. The van der Waals surface area contributed by atoms with E-state index in [9.17, 15) is 4.79 Å². The van der Waals surface area contributed by atoms with Gasteiger partial charge in [-0.1, -0.05) is 18.2 Å². The van der Waals surface area contributed by atoms with Crippen LogP contribution in [0.25, 0.3) is 0 Å². The monoisotopic (exact) mass is 431 g/mol. The molecule has 0 N–H and O–H groups in total. The van der Waals surface area contributed by atoms with Crippen molar-refractivity contribution in [2.45, 2.75) is 70.8 Å². The van der Waals surface area contributed by atoms with Crippen molar-refractivity contribution < 1.29 is 18.6 Å². The molecule has 0 saturated carbocycles. The average molecular weight is 432 g/mol. The zero-order valence-corrected chi connectivity index (χ0v) is 18.8. The Labute approximate surface area is 186 Å². The Morgan fingerprint density at radius 2 is 2.16 bits per heavy atom. The van der Waals surface area contributed by atoms with E-state index in [0.717, 1.165) is 58.1 Å². The Hall–Kier alpha value is -2.31. The summed E-state index contributed by atoms with van der Waals surface area (Å²) in [5, 5.41) is 0. The van der Waals surface area contributed by atoms with E-state index in [1.54, 1.807) is 0 Å². The summed E-state index contributed by atoms with van der Waals surface area (Å²) in [4.78, 5) is 14.5. The van der Waals surface area contributed by atoms with Crippen LogP contribution in [0.2, 0.25) is 0 Å². The fourth-order valence-electron chi connectivity index (χ4n) is 3.23. The lowest BCUT2D eigenvalue weighted by molar-refractivity contribution is -0.171. The highest BCUT2D eigenvalue weighted by atomic mass is 16.7. The molecular weight excluding hydrogens is 394 g/mol. The summed E-state index contributed by atoms with van der Waals surface area (Å²) in [7, 11) is 0. The van der Waals surface area contributed by atoms with Crippen molar-refractivity contribution in [2.75, 3.05) is 19.8 Å². The zero-order chi connectivity index (χ0) is 22.3. The maximum Gasteiger partial charge on any atom is 0.227 e. The van der Waals surface area contributed by atoms with Gasteiger partial charge in [0.05, 0.1) is 6.61 Å².